The van der Waals surface area contributed by atoms with Crippen LogP contribution >= 0.6 is 0 Å². The summed E-state index contributed by atoms with van der Waals surface area (Å²) >= 11 is 0. The van der Waals surface area contributed by atoms with Gasteiger partial charge in [-0.3, -0.25) is 0 Å². The van der Waals surface area contributed by atoms with Gasteiger partial charge in [-0.15, -0.1) is 0 Å². The lowest BCUT2D eigenvalue weighted by Gasteiger charge is -2.44. The van der Waals surface area contributed by atoms with Gasteiger partial charge in [0.15, 0.2) is 0 Å². The van der Waals surface area contributed by atoms with Gasteiger partial charge in [0, 0.05) is 5.41 Å². The van der Waals surface area contributed by atoms with Gasteiger partial charge in [0.2, 0.25) is 0 Å². The highest BCUT2D eigenvalue weighted by Gasteiger charge is 2.48. The van der Waals surface area contributed by atoms with Gasteiger partial charge < -0.3 is 5.11 Å². The number of hydrogen-bond acceptors (Lipinski definition) is 1. The third-order valence-corrected chi connectivity index (χ3v) is 6.15. The van der Waals surface area contributed by atoms with Crippen molar-refractivity contribution in [1.29, 1.82) is 0 Å². The van der Waals surface area contributed by atoms with Crippen molar-refractivity contribution in [2.75, 3.05) is 6.61 Å². The molecule has 0 aliphatic heterocycles. The van der Waals surface area contributed by atoms with E-state index in [0.717, 1.165) is 5.92 Å². The van der Waals surface area contributed by atoms with E-state index in [4.69, 9.17) is 0 Å². The highest BCUT2D eigenvalue weighted by atomic mass is 16.3. The molecule has 1 N–H and O–H groups in total. The van der Waals surface area contributed by atoms with Gasteiger partial charge >= 0.3 is 0 Å². The van der Waals surface area contributed by atoms with Gasteiger partial charge in [-0.05, 0) is 73.5 Å². The maximum Gasteiger partial charge on any atom is 0.0524 e. The van der Waals surface area contributed by atoms with Crippen LogP contribution in [0.2, 0.25) is 0 Å². The second-order valence-corrected chi connectivity index (χ2v) is 6.92. The molecule has 1 heteroatoms. The molecule has 0 radical (unpaired) electrons. The third kappa shape index (κ3) is 1.64. The minimum Gasteiger partial charge on any atom is -0.395 e. The quantitative estimate of drug-likeness (QED) is 0.747. The molecule has 0 aromatic heterocycles. The predicted molar refractivity (Wildman–Crippen MR) is 77.7 cm³/mol. The molecule has 4 aliphatic carbocycles. The molecule has 4 aliphatic rings. The van der Waals surface area contributed by atoms with E-state index in [2.05, 4.69) is 18.2 Å². The van der Waals surface area contributed by atoms with E-state index in [1.165, 1.54) is 51.4 Å². The van der Waals surface area contributed by atoms with Crippen LogP contribution in [-0.2, 0) is 0 Å². The molecule has 3 atom stereocenters. The fraction of sp³-hybridized carbons (Fsp3) is 0.667. The predicted octanol–water partition coefficient (Wildman–Crippen LogP) is 4.15. The zero-order valence-electron chi connectivity index (χ0n) is 11.7. The smallest absolute Gasteiger partial charge is 0.0524 e. The molecule has 0 aromatic rings. The number of hydrogen-bond donors (Lipinski definition) is 1. The molecule has 102 valence electrons. The number of aliphatic hydroxyl groups excluding tert-OH is 1. The fourth-order valence-corrected chi connectivity index (χ4v) is 5.19. The van der Waals surface area contributed by atoms with Gasteiger partial charge in [0.25, 0.3) is 0 Å². The van der Waals surface area contributed by atoms with Crippen LogP contribution in [0.4, 0.5) is 0 Å². The molecule has 1 fully saturated rings. The highest BCUT2D eigenvalue weighted by Crippen LogP contribution is 2.57. The summed E-state index contributed by atoms with van der Waals surface area (Å²) in [6.45, 7) is 0.357. The summed E-state index contributed by atoms with van der Waals surface area (Å²) in [5.41, 5.74) is 5.10. The van der Waals surface area contributed by atoms with Gasteiger partial charge in [-0.25, -0.2) is 0 Å². The Morgan fingerprint density at radius 1 is 1.21 bits per heavy atom. The fourth-order valence-electron chi connectivity index (χ4n) is 5.19. The first-order valence-corrected chi connectivity index (χ1v) is 8.07. The standard InChI is InChI=1S/C18H24O/c19-12-18-10-3-6-17(18)16-8-7-13-4-1-2-5-14(13)15(16)9-11-18/h4,9,11,16-17,19H,1-3,5-8,10,12H2/t16-,17+,18+/m1/s1. The van der Waals surface area contributed by atoms with Crippen molar-refractivity contribution in [3.8, 4) is 0 Å². The molecular weight excluding hydrogens is 232 g/mol. The SMILES string of the molecule is OC[C@]12C=CC3=C4CCCC=C4CC[C@H]3[C@@H]1CCC2. The molecule has 0 amide bonds. The van der Waals surface area contributed by atoms with Crippen molar-refractivity contribution in [3.05, 3.63) is 34.9 Å². The molecule has 0 aromatic carbocycles. The summed E-state index contributed by atoms with van der Waals surface area (Å²) in [6, 6.07) is 0. The molecular formula is C18H24O. The Balaban J connectivity index is 1.81. The molecule has 4 rings (SSSR count). The summed E-state index contributed by atoms with van der Waals surface area (Å²) in [7, 11) is 0. The van der Waals surface area contributed by atoms with Crippen molar-refractivity contribution in [3.63, 3.8) is 0 Å². The van der Waals surface area contributed by atoms with E-state index in [0.29, 0.717) is 12.5 Å². The number of fused-ring (bicyclic) bond motifs is 4. The van der Waals surface area contributed by atoms with Crippen molar-refractivity contribution in [2.24, 2.45) is 17.3 Å². The van der Waals surface area contributed by atoms with Crippen LogP contribution < -0.4 is 0 Å². The summed E-state index contributed by atoms with van der Waals surface area (Å²) < 4.78 is 0. The van der Waals surface area contributed by atoms with E-state index in [-0.39, 0.29) is 5.41 Å². The summed E-state index contributed by atoms with van der Waals surface area (Å²) in [5, 5.41) is 9.90. The first-order valence-electron chi connectivity index (χ1n) is 8.07. The van der Waals surface area contributed by atoms with Crippen molar-refractivity contribution in [2.45, 2.75) is 51.4 Å². The van der Waals surface area contributed by atoms with E-state index >= 15 is 0 Å². The largest absolute Gasteiger partial charge is 0.395 e. The second-order valence-electron chi connectivity index (χ2n) is 6.92. The molecule has 0 saturated heterocycles. The van der Waals surface area contributed by atoms with Gasteiger partial charge in [0.1, 0.15) is 0 Å². The number of rotatable bonds is 1. The number of allylic oxidation sites excluding steroid dienone is 5. The van der Waals surface area contributed by atoms with Crippen molar-refractivity contribution < 1.29 is 5.11 Å². The van der Waals surface area contributed by atoms with Gasteiger partial charge in [-0.1, -0.05) is 24.6 Å². The Morgan fingerprint density at radius 2 is 2.16 bits per heavy atom. The van der Waals surface area contributed by atoms with Crippen LogP contribution in [0, 0.1) is 17.3 Å². The van der Waals surface area contributed by atoms with Crippen LogP contribution in [0.5, 0.6) is 0 Å². The second kappa shape index (κ2) is 4.34. The lowest BCUT2D eigenvalue weighted by Crippen LogP contribution is -2.37. The normalized spacial score (nSPS) is 40.6. The number of aliphatic hydroxyl groups is 1. The lowest BCUT2D eigenvalue weighted by molar-refractivity contribution is 0.0963. The molecule has 19 heavy (non-hydrogen) atoms. The van der Waals surface area contributed by atoms with E-state index in [1.54, 1.807) is 16.7 Å². The Morgan fingerprint density at radius 3 is 3.05 bits per heavy atom. The zero-order valence-corrected chi connectivity index (χ0v) is 11.7. The van der Waals surface area contributed by atoms with Crippen LogP contribution in [0.3, 0.4) is 0 Å². The van der Waals surface area contributed by atoms with Crippen LogP contribution in [0.15, 0.2) is 34.9 Å². The maximum atomic E-state index is 9.90. The monoisotopic (exact) mass is 256 g/mol. The minimum atomic E-state index is 0.130. The minimum absolute atomic E-state index is 0.130. The van der Waals surface area contributed by atoms with Gasteiger partial charge in [0.05, 0.1) is 6.61 Å². The van der Waals surface area contributed by atoms with Crippen molar-refractivity contribution in [1.82, 2.24) is 0 Å². The van der Waals surface area contributed by atoms with E-state index in [9.17, 15) is 5.11 Å². The van der Waals surface area contributed by atoms with Crippen LogP contribution in [0.25, 0.3) is 0 Å². The molecule has 0 unspecified atom stereocenters. The Hall–Kier alpha value is -0.820. The van der Waals surface area contributed by atoms with E-state index < -0.39 is 0 Å². The Kier molecular flexibility index (Phi) is 2.73. The molecule has 0 bridgehead atoms. The Bertz CT molecular complexity index is 482. The zero-order chi connectivity index (χ0) is 12.9. The molecule has 1 saturated carbocycles. The highest BCUT2D eigenvalue weighted by molar-refractivity contribution is 5.48. The van der Waals surface area contributed by atoms with Crippen LogP contribution in [0.1, 0.15) is 51.4 Å². The third-order valence-electron chi connectivity index (χ3n) is 6.15. The average molecular weight is 256 g/mol. The first-order chi connectivity index (χ1) is 9.34. The Labute approximate surface area is 116 Å². The summed E-state index contributed by atoms with van der Waals surface area (Å²) in [6.07, 6.45) is 17.6. The lowest BCUT2D eigenvalue weighted by atomic mass is 9.60. The topological polar surface area (TPSA) is 20.2 Å². The van der Waals surface area contributed by atoms with Gasteiger partial charge in [-0.2, -0.15) is 0 Å². The average Bonchev–Trinajstić information content (AvgIpc) is 2.91. The molecule has 0 heterocycles. The van der Waals surface area contributed by atoms with Crippen LogP contribution in [-0.4, -0.2) is 11.7 Å². The maximum absolute atomic E-state index is 9.90. The molecule has 0 spiro atoms. The summed E-state index contributed by atoms with van der Waals surface area (Å²) in [5.74, 6) is 1.46. The van der Waals surface area contributed by atoms with E-state index in [1.807, 2.05) is 0 Å². The summed E-state index contributed by atoms with van der Waals surface area (Å²) in [4.78, 5) is 0. The first kappa shape index (κ1) is 12.0. The molecule has 1 nitrogen and oxygen atoms in total. The van der Waals surface area contributed by atoms with Crippen molar-refractivity contribution >= 4 is 0 Å².